The molecule has 21 heavy (non-hydrogen) atoms. The normalized spacial score (nSPS) is 22.8. The molecule has 1 unspecified atom stereocenters. The summed E-state index contributed by atoms with van der Waals surface area (Å²) in [5.41, 5.74) is 0. The van der Waals surface area contributed by atoms with Crippen LogP contribution < -0.4 is 5.32 Å². The van der Waals surface area contributed by atoms with Crippen molar-refractivity contribution in [2.45, 2.75) is 42.4 Å². The maximum absolute atomic E-state index is 12.2. The van der Waals surface area contributed by atoms with Crippen LogP contribution in [0.25, 0.3) is 0 Å². The van der Waals surface area contributed by atoms with E-state index >= 15 is 0 Å². The van der Waals surface area contributed by atoms with Gasteiger partial charge in [-0.2, -0.15) is 0 Å². The quantitative estimate of drug-likeness (QED) is 0.779. The van der Waals surface area contributed by atoms with Crippen LogP contribution in [-0.2, 0) is 9.59 Å². The lowest BCUT2D eigenvalue weighted by molar-refractivity contribution is -0.141. The van der Waals surface area contributed by atoms with E-state index in [4.69, 9.17) is 5.11 Å². The molecule has 0 spiro atoms. The van der Waals surface area contributed by atoms with Crippen molar-refractivity contribution in [1.29, 1.82) is 0 Å². The number of thioether (sulfide) groups is 1. The lowest BCUT2D eigenvalue weighted by Crippen LogP contribution is -2.38. The van der Waals surface area contributed by atoms with Gasteiger partial charge in [0.1, 0.15) is 0 Å². The lowest BCUT2D eigenvalue weighted by atomic mass is 10.1. The maximum atomic E-state index is 12.2. The van der Waals surface area contributed by atoms with E-state index in [0.717, 1.165) is 15.8 Å². The smallest absolute Gasteiger partial charge is 0.306 e. The highest BCUT2D eigenvalue weighted by atomic mass is 79.9. The van der Waals surface area contributed by atoms with Crippen LogP contribution in [0.5, 0.6) is 0 Å². The van der Waals surface area contributed by atoms with Crippen LogP contribution >= 0.6 is 27.7 Å². The molecule has 1 saturated carbocycles. The van der Waals surface area contributed by atoms with Crippen LogP contribution in [0.2, 0.25) is 0 Å². The summed E-state index contributed by atoms with van der Waals surface area (Å²) in [7, 11) is 0. The van der Waals surface area contributed by atoms with Crippen LogP contribution in [0.4, 0.5) is 0 Å². The Kier molecular flexibility index (Phi) is 5.70. The first-order valence-electron chi connectivity index (χ1n) is 6.91. The van der Waals surface area contributed by atoms with Gasteiger partial charge in [0.15, 0.2) is 0 Å². The van der Waals surface area contributed by atoms with Crippen LogP contribution in [0, 0.1) is 5.92 Å². The summed E-state index contributed by atoms with van der Waals surface area (Å²) in [6.45, 7) is 1.87. The Labute approximate surface area is 136 Å². The largest absolute Gasteiger partial charge is 0.481 e. The van der Waals surface area contributed by atoms with Crippen LogP contribution in [0.15, 0.2) is 33.6 Å². The molecule has 2 N–H and O–H groups in total. The summed E-state index contributed by atoms with van der Waals surface area (Å²) in [6.07, 6.45) is 1.93. The zero-order chi connectivity index (χ0) is 15.4. The van der Waals surface area contributed by atoms with Gasteiger partial charge < -0.3 is 10.4 Å². The number of carbonyl (C=O) groups excluding carboxylic acids is 1. The van der Waals surface area contributed by atoms with Gasteiger partial charge in [0.25, 0.3) is 0 Å². The Hall–Kier alpha value is -1.01. The number of halogens is 1. The van der Waals surface area contributed by atoms with Crippen molar-refractivity contribution in [3.05, 3.63) is 28.7 Å². The zero-order valence-corrected chi connectivity index (χ0v) is 14.1. The molecule has 1 aliphatic rings. The van der Waals surface area contributed by atoms with Gasteiger partial charge in [-0.15, -0.1) is 11.8 Å². The Bertz CT molecular complexity index is 520. The Morgan fingerprint density at radius 2 is 2.00 bits per heavy atom. The Morgan fingerprint density at radius 3 is 2.57 bits per heavy atom. The number of hydrogen-bond donors (Lipinski definition) is 2. The average molecular weight is 372 g/mol. The third kappa shape index (κ3) is 4.74. The van der Waals surface area contributed by atoms with Crippen molar-refractivity contribution < 1.29 is 14.7 Å². The van der Waals surface area contributed by atoms with Gasteiger partial charge in [0, 0.05) is 15.4 Å². The number of carbonyl (C=O) groups is 2. The molecular weight excluding hydrogens is 354 g/mol. The minimum absolute atomic E-state index is 0.00781. The van der Waals surface area contributed by atoms with E-state index in [9.17, 15) is 9.59 Å². The first kappa shape index (κ1) is 16.4. The topological polar surface area (TPSA) is 66.4 Å². The van der Waals surface area contributed by atoms with Crippen molar-refractivity contribution in [2.75, 3.05) is 0 Å². The van der Waals surface area contributed by atoms with E-state index < -0.39 is 5.97 Å². The number of carboxylic acid groups (broad SMARTS) is 1. The van der Waals surface area contributed by atoms with Crippen LogP contribution in [-0.4, -0.2) is 28.3 Å². The number of benzene rings is 1. The van der Waals surface area contributed by atoms with Gasteiger partial charge in [-0.3, -0.25) is 9.59 Å². The maximum Gasteiger partial charge on any atom is 0.306 e. The molecule has 0 heterocycles. The molecule has 0 bridgehead atoms. The molecule has 2 rings (SSSR count). The third-order valence-corrected chi connectivity index (χ3v) is 5.26. The van der Waals surface area contributed by atoms with E-state index in [1.807, 2.05) is 31.2 Å². The molecule has 0 aliphatic heterocycles. The molecule has 3 atom stereocenters. The summed E-state index contributed by atoms with van der Waals surface area (Å²) >= 11 is 4.88. The summed E-state index contributed by atoms with van der Waals surface area (Å²) < 4.78 is 1.01. The second-order valence-electron chi connectivity index (χ2n) is 5.27. The van der Waals surface area contributed by atoms with Crippen LogP contribution in [0.1, 0.15) is 26.2 Å². The highest BCUT2D eigenvalue weighted by molar-refractivity contribution is 9.10. The fourth-order valence-corrected chi connectivity index (χ4v) is 3.57. The molecule has 114 valence electrons. The summed E-state index contributed by atoms with van der Waals surface area (Å²) in [6, 6.07) is 7.82. The fraction of sp³-hybridized carbons (Fsp3) is 0.467. The number of carboxylic acids is 1. The van der Waals surface area contributed by atoms with Crippen LogP contribution in [0.3, 0.4) is 0 Å². The van der Waals surface area contributed by atoms with Crippen molar-refractivity contribution in [2.24, 2.45) is 5.92 Å². The Morgan fingerprint density at radius 1 is 1.33 bits per heavy atom. The fourth-order valence-electron chi connectivity index (χ4n) is 2.43. The van der Waals surface area contributed by atoms with E-state index in [-0.39, 0.29) is 23.1 Å². The monoisotopic (exact) mass is 371 g/mol. The zero-order valence-electron chi connectivity index (χ0n) is 11.7. The molecule has 1 amide bonds. The van der Waals surface area contributed by atoms with Crippen molar-refractivity contribution in [3.8, 4) is 0 Å². The SMILES string of the molecule is CC(Sc1ccc(Br)cc1)C(=O)N[C@H]1CC[C@@H](C(=O)O)C1. The van der Waals surface area contributed by atoms with Gasteiger partial charge in [-0.05, 0) is 50.5 Å². The average Bonchev–Trinajstić information content (AvgIpc) is 2.90. The highest BCUT2D eigenvalue weighted by Gasteiger charge is 2.31. The van der Waals surface area contributed by atoms with E-state index in [1.165, 1.54) is 11.8 Å². The number of amides is 1. The van der Waals surface area contributed by atoms with Crippen molar-refractivity contribution >= 4 is 39.6 Å². The number of nitrogens with one attached hydrogen (secondary N) is 1. The second-order valence-corrected chi connectivity index (χ2v) is 7.60. The first-order chi connectivity index (χ1) is 9.95. The van der Waals surface area contributed by atoms with Gasteiger partial charge in [-0.1, -0.05) is 15.9 Å². The minimum atomic E-state index is -0.760. The minimum Gasteiger partial charge on any atom is -0.481 e. The van der Waals surface area contributed by atoms with Gasteiger partial charge in [0.2, 0.25) is 5.91 Å². The Balaban J connectivity index is 1.83. The predicted octanol–water partition coefficient (Wildman–Crippen LogP) is 3.30. The third-order valence-electron chi connectivity index (χ3n) is 3.62. The lowest BCUT2D eigenvalue weighted by Gasteiger charge is -2.16. The van der Waals surface area contributed by atoms with Gasteiger partial charge in [0.05, 0.1) is 11.2 Å². The number of hydrogen-bond acceptors (Lipinski definition) is 3. The molecule has 0 aromatic heterocycles. The van der Waals surface area contributed by atoms with Crippen molar-refractivity contribution in [1.82, 2.24) is 5.32 Å². The summed E-state index contributed by atoms with van der Waals surface area (Å²) in [5, 5.41) is 11.7. The van der Waals surface area contributed by atoms with E-state index in [1.54, 1.807) is 0 Å². The molecule has 0 radical (unpaired) electrons. The molecule has 0 saturated heterocycles. The summed E-state index contributed by atoms with van der Waals surface area (Å²) in [5.74, 6) is -1.10. The van der Waals surface area contributed by atoms with Gasteiger partial charge >= 0.3 is 5.97 Å². The van der Waals surface area contributed by atoms with Crippen molar-refractivity contribution in [3.63, 3.8) is 0 Å². The summed E-state index contributed by atoms with van der Waals surface area (Å²) in [4.78, 5) is 24.1. The molecular formula is C15H18BrNO3S. The number of aliphatic carboxylic acids is 1. The molecule has 6 heteroatoms. The standard InChI is InChI=1S/C15H18BrNO3S/c1-9(21-13-6-3-11(16)4-7-13)14(18)17-12-5-2-10(8-12)15(19)20/h3-4,6-7,9-10,12H,2,5,8H2,1H3,(H,17,18)(H,19,20)/t9?,10-,12+/m1/s1. The molecule has 1 aromatic carbocycles. The molecule has 1 aliphatic carbocycles. The number of rotatable bonds is 5. The predicted molar refractivity (Wildman–Crippen MR) is 86.4 cm³/mol. The highest BCUT2D eigenvalue weighted by Crippen LogP contribution is 2.28. The van der Waals surface area contributed by atoms with Gasteiger partial charge in [-0.25, -0.2) is 0 Å². The molecule has 1 aromatic rings. The van der Waals surface area contributed by atoms with E-state index in [0.29, 0.717) is 12.8 Å². The first-order valence-corrected chi connectivity index (χ1v) is 8.58. The second kappa shape index (κ2) is 7.31. The molecule has 1 fully saturated rings. The molecule has 4 nitrogen and oxygen atoms in total. The van der Waals surface area contributed by atoms with E-state index in [2.05, 4.69) is 21.2 Å².